The van der Waals surface area contributed by atoms with Crippen LogP contribution < -0.4 is 0 Å². The second-order valence-electron chi connectivity index (χ2n) is 16.0. The minimum absolute atomic E-state index is 0.00295. The van der Waals surface area contributed by atoms with Crippen molar-refractivity contribution in [3.63, 3.8) is 0 Å². The van der Waals surface area contributed by atoms with Gasteiger partial charge in [0.15, 0.2) is 11.9 Å². The Hall–Kier alpha value is -2.56. The van der Waals surface area contributed by atoms with E-state index in [0.29, 0.717) is 30.3 Å². The minimum Gasteiger partial charge on any atom is -0.466 e. The lowest BCUT2D eigenvalue weighted by molar-refractivity contribution is -0.870. The standard InChI is InChI=1S/C44H76NO10P/c1-8-10-11-12-13-17-22-28-39(46)29-23-18-16-21-25-31-43(47)51-35-40(36-53-56(49,50)52-34-33-45(5,6)7)54-44(48)32-26-20-15-14-19-24-30-42-38(4)37(3)41(55-42)27-9-2/h13,17,22,28,40H,8-12,14-16,18-21,23-27,29-36H2,1-7H3/p+1/b17-13-,28-22+/t40-/m1/s1. The van der Waals surface area contributed by atoms with Crippen molar-refractivity contribution in [3.05, 3.63) is 47.0 Å². The Morgan fingerprint density at radius 3 is 1.93 bits per heavy atom. The van der Waals surface area contributed by atoms with Crippen molar-refractivity contribution >= 4 is 25.5 Å². The number of phosphoric acid groups is 1. The molecule has 322 valence electrons. The number of rotatable bonds is 35. The molecule has 0 fully saturated rings. The molecule has 0 spiro atoms. The number of nitrogens with zero attached hydrogens (tertiary/aromatic N) is 1. The third-order valence-corrected chi connectivity index (χ3v) is 10.6. The molecule has 1 heterocycles. The van der Waals surface area contributed by atoms with E-state index in [1.165, 1.54) is 30.4 Å². The molecule has 56 heavy (non-hydrogen) atoms. The van der Waals surface area contributed by atoms with Gasteiger partial charge in [0.2, 0.25) is 0 Å². The van der Waals surface area contributed by atoms with Crippen molar-refractivity contribution in [2.75, 3.05) is 47.5 Å². The SMILES string of the molecule is CCCCC/C=C\C=C\C(=O)CCCCCCCC(=O)OC[C@H](COP(=O)(O)OCC[N+](C)(C)C)OC(=O)CCCCCCCCc1oc(CCC)c(C)c1C. The van der Waals surface area contributed by atoms with Crippen LogP contribution in [0.4, 0.5) is 0 Å². The largest absolute Gasteiger partial charge is 0.472 e. The first-order valence-corrected chi connectivity index (χ1v) is 22.9. The summed E-state index contributed by atoms with van der Waals surface area (Å²) < 4.78 is 40.3. The summed E-state index contributed by atoms with van der Waals surface area (Å²) in [5, 5.41) is 0. The number of allylic oxidation sites excluding steroid dienone is 4. The number of aryl methyl sites for hydroxylation is 2. The molecule has 1 unspecified atom stereocenters. The molecule has 0 amide bonds. The number of ketones is 1. The number of ether oxygens (including phenoxy) is 2. The van der Waals surface area contributed by atoms with Gasteiger partial charge in [-0.3, -0.25) is 23.4 Å². The molecule has 0 bridgehead atoms. The zero-order chi connectivity index (χ0) is 41.7. The van der Waals surface area contributed by atoms with Crippen LogP contribution in [0.5, 0.6) is 0 Å². The van der Waals surface area contributed by atoms with Crippen LogP contribution in [0.15, 0.2) is 28.7 Å². The number of furan rings is 1. The number of carbonyl (C=O) groups excluding carboxylic acids is 3. The number of carbonyl (C=O) groups is 3. The maximum atomic E-state index is 12.7. The highest BCUT2D eigenvalue weighted by atomic mass is 31.2. The predicted molar refractivity (Wildman–Crippen MR) is 223 cm³/mol. The molecule has 0 aliphatic rings. The van der Waals surface area contributed by atoms with Gasteiger partial charge in [-0.05, 0) is 76.0 Å². The molecule has 11 nitrogen and oxygen atoms in total. The predicted octanol–water partition coefficient (Wildman–Crippen LogP) is 10.4. The summed E-state index contributed by atoms with van der Waals surface area (Å²) in [5.74, 6) is 1.42. The molecule has 0 aliphatic carbocycles. The van der Waals surface area contributed by atoms with Gasteiger partial charge in [-0.1, -0.05) is 89.9 Å². The van der Waals surface area contributed by atoms with E-state index < -0.39 is 32.5 Å². The van der Waals surface area contributed by atoms with E-state index in [-0.39, 0.29) is 31.8 Å². The van der Waals surface area contributed by atoms with Gasteiger partial charge in [0, 0.05) is 32.1 Å². The molecule has 0 saturated heterocycles. The summed E-state index contributed by atoms with van der Waals surface area (Å²) in [4.78, 5) is 47.5. The number of hydrogen-bond donors (Lipinski definition) is 1. The summed E-state index contributed by atoms with van der Waals surface area (Å²) in [6.07, 6.45) is 24.8. The third kappa shape index (κ3) is 27.1. The van der Waals surface area contributed by atoms with Crippen molar-refractivity contribution in [1.82, 2.24) is 0 Å². The Balaban J connectivity index is 2.41. The third-order valence-electron chi connectivity index (χ3n) is 9.63. The number of esters is 2. The van der Waals surface area contributed by atoms with Crippen LogP contribution in [0.25, 0.3) is 0 Å². The highest BCUT2D eigenvalue weighted by Crippen LogP contribution is 2.43. The summed E-state index contributed by atoms with van der Waals surface area (Å²) >= 11 is 0. The van der Waals surface area contributed by atoms with E-state index in [1.54, 1.807) is 6.08 Å². The second-order valence-corrected chi connectivity index (χ2v) is 17.4. The van der Waals surface area contributed by atoms with Crippen LogP contribution >= 0.6 is 7.82 Å². The van der Waals surface area contributed by atoms with Crippen molar-refractivity contribution in [1.29, 1.82) is 0 Å². The normalized spacial score (nSPS) is 13.7. The molecule has 1 N–H and O–H groups in total. The molecule has 0 aromatic carbocycles. The van der Waals surface area contributed by atoms with E-state index in [9.17, 15) is 23.8 Å². The highest BCUT2D eigenvalue weighted by Gasteiger charge is 2.27. The number of likely N-dealkylation sites (N-methyl/N-ethyl adjacent to an activating group) is 1. The average molecular weight is 811 g/mol. The van der Waals surface area contributed by atoms with Gasteiger partial charge in [-0.15, -0.1) is 0 Å². The van der Waals surface area contributed by atoms with E-state index in [0.717, 1.165) is 95.0 Å². The van der Waals surface area contributed by atoms with E-state index in [4.69, 9.17) is 22.9 Å². The first kappa shape index (κ1) is 51.5. The van der Waals surface area contributed by atoms with Crippen LogP contribution in [0.1, 0.15) is 158 Å². The summed E-state index contributed by atoms with van der Waals surface area (Å²) in [6.45, 7) is 8.37. The molecule has 0 radical (unpaired) electrons. The van der Waals surface area contributed by atoms with Gasteiger partial charge in [0.1, 0.15) is 31.3 Å². The zero-order valence-corrected chi connectivity index (χ0v) is 37.0. The fourth-order valence-corrected chi connectivity index (χ4v) is 6.72. The highest BCUT2D eigenvalue weighted by molar-refractivity contribution is 7.47. The van der Waals surface area contributed by atoms with E-state index >= 15 is 0 Å². The van der Waals surface area contributed by atoms with Gasteiger partial charge in [0.05, 0.1) is 27.7 Å². The fourth-order valence-electron chi connectivity index (χ4n) is 5.98. The summed E-state index contributed by atoms with van der Waals surface area (Å²) in [5.41, 5.74) is 2.56. The zero-order valence-electron chi connectivity index (χ0n) is 36.1. The van der Waals surface area contributed by atoms with E-state index in [1.807, 2.05) is 33.3 Å². The Morgan fingerprint density at radius 1 is 0.714 bits per heavy atom. The smallest absolute Gasteiger partial charge is 0.466 e. The Morgan fingerprint density at radius 2 is 1.30 bits per heavy atom. The number of unbranched alkanes of at least 4 members (excludes halogenated alkanes) is 12. The van der Waals surface area contributed by atoms with Gasteiger partial charge in [-0.2, -0.15) is 0 Å². The van der Waals surface area contributed by atoms with Crippen LogP contribution in [0.2, 0.25) is 0 Å². The molecule has 2 atom stereocenters. The Kier molecular flexibility index (Phi) is 28.0. The first-order valence-electron chi connectivity index (χ1n) is 21.4. The van der Waals surface area contributed by atoms with Crippen molar-refractivity contribution in [2.24, 2.45) is 0 Å². The molecule has 1 aromatic heterocycles. The molecule has 0 aliphatic heterocycles. The van der Waals surface area contributed by atoms with Gasteiger partial charge < -0.3 is 23.3 Å². The van der Waals surface area contributed by atoms with Gasteiger partial charge >= 0.3 is 19.8 Å². The molecule has 1 aromatic rings. The van der Waals surface area contributed by atoms with Crippen LogP contribution in [-0.4, -0.2) is 80.7 Å². The number of hydrogen-bond acceptors (Lipinski definition) is 9. The molecular formula is C44H77NO10P+. The van der Waals surface area contributed by atoms with Gasteiger partial charge in [-0.25, -0.2) is 4.57 Å². The second kappa shape index (κ2) is 30.5. The van der Waals surface area contributed by atoms with E-state index in [2.05, 4.69) is 33.8 Å². The van der Waals surface area contributed by atoms with Gasteiger partial charge in [0.25, 0.3) is 0 Å². The first-order chi connectivity index (χ1) is 26.7. The lowest BCUT2D eigenvalue weighted by Gasteiger charge is -2.24. The Labute approximate surface area is 339 Å². The van der Waals surface area contributed by atoms with Crippen molar-refractivity contribution in [3.8, 4) is 0 Å². The minimum atomic E-state index is -4.42. The topological polar surface area (TPSA) is 139 Å². The van der Waals surface area contributed by atoms with Crippen molar-refractivity contribution in [2.45, 2.75) is 169 Å². The van der Waals surface area contributed by atoms with Crippen LogP contribution in [0.3, 0.4) is 0 Å². The van der Waals surface area contributed by atoms with Crippen molar-refractivity contribution < 1.29 is 51.3 Å². The quantitative estimate of drug-likeness (QED) is 0.0176. The number of phosphoric ester groups is 1. The fraction of sp³-hybridized carbons (Fsp3) is 0.750. The lowest BCUT2D eigenvalue weighted by atomic mass is 10.0. The maximum Gasteiger partial charge on any atom is 0.472 e. The molecule has 12 heteroatoms. The summed E-state index contributed by atoms with van der Waals surface area (Å²) in [7, 11) is 1.38. The molecular weight excluding hydrogens is 733 g/mol. The molecule has 1 rings (SSSR count). The Bertz CT molecular complexity index is 1350. The molecule has 0 saturated carbocycles. The average Bonchev–Trinajstić information content (AvgIpc) is 3.40. The monoisotopic (exact) mass is 811 g/mol. The lowest BCUT2D eigenvalue weighted by Crippen LogP contribution is -2.37. The maximum absolute atomic E-state index is 12.7. The van der Waals surface area contributed by atoms with Crippen LogP contribution in [0, 0.1) is 13.8 Å². The van der Waals surface area contributed by atoms with Crippen LogP contribution in [-0.2, 0) is 50.3 Å². The number of quaternary nitrogens is 1. The summed E-state index contributed by atoms with van der Waals surface area (Å²) in [6, 6.07) is 0.